The van der Waals surface area contributed by atoms with Crippen molar-refractivity contribution in [3.05, 3.63) is 142 Å². The van der Waals surface area contributed by atoms with E-state index in [1.165, 1.54) is 12.1 Å². The number of nitrogens with one attached hydrogen (secondary N) is 1. The third-order valence-electron chi connectivity index (χ3n) is 7.08. The highest BCUT2D eigenvalue weighted by atomic mass is 35.5. The van der Waals surface area contributed by atoms with Gasteiger partial charge in [0.2, 0.25) is 0 Å². The fraction of sp³-hybridized carbons (Fsp3) is 0.0571. The summed E-state index contributed by atoms with van der Waals surface area (Å²) in [6, 6.07) is 29.9. The molecule has 0 aliphatic carbocycles. The van der Waals surface area contributed by atoms with Crippen LogP contribution in [0.25, 0.3) is 16.8 Å². The van der Waals surface area contributed by atoms with Gasteiger partial charge in [0.25, 0.3) is 11.8 Å². The van der Waals surface area contributed by atoms with Crippen LogP contribution in [0, 0.1) is 5.82 Å². The maximum Gasteiger partial charge on any atom is 0.335 e. The Kier molecular flexibility index (Phi) is 8.08. The Bertz CT molecular complexity index is 1920. The lowest BCUT2D eigenvalue weighted by Crippen LogP contribution is -2.54. The van der Waals surface area contributed by atoms with Crippen LogP contribution in [0.2, 0.25) is 5.02 Å². The number of hydrogen-bond donors (Lipinski definition) is 1. The highest BCUT2D eigenvalue weighted by molar-refractivity contribution is 6.39. The molecule has 0 bridgehead atoms. The molecule has 0 radical (unpaired) electrons. The van der Waals surface area contributed by atoms with Crippen molar-refractivity contribution in [3.63, 3.8) is 0 Å². The molecule has 0 aromatic heterocycles. The van der Waals surface area contributed by atoms with Crippen molar-refractivity contribution in [1.29, 1.82) is 0 Å². The minimum absolute atomic E-state index is 0.0711. The fourth-order valence-electron chi connectivity index (χ4n) is 4.80. The molecular formula is C35H24ClFN2O5. The molecule has 1 heterocycles. The monoisotopic (exact) mass is 606 g/mol. The average molecular weight is 607 g/mol. The molecule has 5 aromatic carbocycles. The van der Waals surface area contributed by atoms with Crippen LogP contribution < -0.4 is 19.7 Å². The standard InChI is InChI=1S/C35H24ClFN2O5/c36-25-12-9-22(10-13-25)20-43-27-16-14-26(15-17-27)39-34(41)30(33(40)38-35(39)42)19-29-28-7-3-1-5-23(28)11-18-32(29)44-21-24-6-2-4-8-31(24)37/h1-19H,20-21H2,(H,38,40,42)/b30-19+. The molecule has 1 aliphatic heterocycles. The second-order valence-corrected chi connectivity index (χ2v) is 10.4. The predicted octanol–water partition coefficient (Wildman–Crippen LogP) is 7.46. The quantitative estimate of drug-likeness (QED) is 0.146. The van der Waals surface area contributed by atoms with Gasteiger partial charge in [0.1, 0.15) is 36.1 Å². The number of halogens is 2. The molecule has 1 N–H and O–H groups in total. The van der Waals surface area contributed by atoms with Crippen LogP contribution >= 0.6 is 11.6 Å². The number of nitrogens with zero attached hydrogens (tertiary/aromatic N) is 1. The summed E-state index contributed by atoms with van der Waals surface area (Å²) in [7, 11) is 0. The number of amides is 4. The van der Waals surface area contributed by atoms with Crippen molar-refractivity contribution >= 4 is 52.0 Å². The molecule has 0 unspecified atom stereocenters. The van der Waals surface area contributed by atoms with Crippen molar-refractivity contribution in [2.75, 3.05) is 4.90 Å². The van der Waals surface area contributed by atoms with Crippen molar-refractivity contribution in [3.8, 4) is 11.5 Å². The lowest BCUT2D eigenvalue weighted by molar-refractivity contribution is -0.122. The number of carbonyl (C=O) groups is 3. The number of urea groups is 1. The zero-order valence-corrected chi connectivity index (χ0v) is 23.9. The summed E-state index contributed by atoms with van der Waals surface area (Å²) in [5.41, 5.74) is 1.70. The molecule has 1 saturated heterocycles. The first-order chi connectivity index (χ1) is 21.4. The second kappa shape index (κ2) is 12.4. The van der Waals surface area contributed by atoms with Gasteiger partial charge >= 0.3 is 6.03 Å². The Labute approximate surface area is 257 Å². The van der Waals surface area contributed by atoms with Crippen LogP contribution in [0.5, 0.6) is 11.5 Å². The Morgan fingerprint density at radius 1 is 0.773 bits per heavy atom. The number of hydrogen-bond acceptors (Lipinski definition) is 5. The number of carbonyl (C=O) groups excluding carboxylic acids is 3. The molecule has 4 amide bonds. The molecule has 1 aliphatic rings. The molecular weight excluding hydrogens is 583 g/mol. The number of benzene rings is 5. The van der Waals surface area contributed by atoms with Crippen molar-refractivity contribution in [1.82, 2.24) is 5.32 Å². The van der Waals surface area contributed by atoms with Gasteiger partial charge < -0.3 is 9.47 Å². The Balaban J connectivity index is 1.29. The molecule has 5 aromatic rings. The SMILES string of the molecule is O=C1NC(=O)N(c2ccc(OCc3ccc(Cl)cc3)cc2)C(=O)/C1=C/c1c(OCc2ccccc2F)ccc2ccccc12. The van der Waals surface area contributed by atoms with E-state index in [4.69, 9.17) is 21.1 Å². The van der Waals surface area contributed by atoms with Gasteiger partial charge in [-0.1, -0.05) is 72.3 Å². The average Bonchev–Trinajstić information content (AvgIpc) is 3.03. The normalized spacial score (nSPS) is 14.2. The minimum atomic E-state index is -0.874. The highest BCUT2D eigenvalue weighted by Gasteiger charge is 2.37. The van der Waals surface area contributed by atoms with E-state index >= 15 is 0 Å². The molecule has 218 valence electrons. The summed E-state index contributed by atoms with van der Waals surface area (Å²) in [6.45, 7) is 0.228. The first kappa shape index (κ1) is 28.6. The van der Waals surface area contributed by atoms with E-state index in [9.17, 15) is 18.8 Å². The number of imide groups is 2. The first-order valence-electron chi connectivity index (χ1n) is 13.6. The van der Waals surface area contributed by atoms with Gasteiger partial charge in [0.05, 0.1) is 5.69 Å². The third kappa shape index (κ3) is 6.02. The summed E-state index contributed by atoms with van der Waals surface area (Å²) in [6.07, 6.45) is 1.40. The number of rotatable bonds is 8. The zero-order valence-electron chi connectivity index (χ0n) is 23.1. The molecule has 6 rings (SSSR count). The molecule has 1 fully saturated rings. The van der Waals surface area contributed by atoms with E-state index in [1.54, 1.807) is 60.7 Å². The Morgan fingerprint density at radius 2 is 1.50 bits per heavy atom. The maximum atomic E-state index is 14.3. The molecule has 9 heteroatoms. The van der Waals surface area contributed by atoms with Gasteiger partial charge in [-0.25, -0.2) is 14.1 Å². The van der Waals surface area contributed by atoms with E-state index in [1.807, 2.05) is 42.5 Å². The number of anilines is 1. The summed E-state index contributed by atoms with van der Waals surface area (Å²) < 4.78 is 26.1. The molecule has 0 atom stereocenters. The summed E-state index contributed by atoms with van der Waals surface area (Å²) in [4.78, 5) is 40.4. The largest absolute Gasteiger partial charge is 0.489 e. The minimum Gasteiger partial charge on any atom is -0.489 e. The van der Waals surface area contributed by atoms with Gasteiger partial charge in [0, 0.05) is 16.1 Å². The topological polar surface area (TPSA) is 84.9 Å². The van der Waals surface area contributed by atoms with E-state index in [2.05, 4.69) is 5.32 Å². The second-order valence-electron chi connectivity index (χ2n) is 9.95. The van der Waals surface area contributed by atoms with Crippen LogP contribution in [0.1, 0.15) is 16.7 Å². The molecule has 0 saturated carbocycles. The third-order valence-corrected chi connectivity index (χ3v) is 7.33. The van der Waals surface area contributed by atoms with Crippen molar-refractivity contribution in [2.45, 2.75) is 13.2 Å². The van der Waals surface area contributed by atoms with Gasteiger partial charge in [-0.2, -0.15) is 0 Å². The Hall–Kier alpha value is -5.47. The maximum absolute atomic E-state index is 14.3. The van der Waals surface area contributed by atoms with Crippen LogP contribution in [0.15, 0.2) is 115 Å². The van der Waals surface area contributed by atoms with E-state index in [0.717, 1.165) is 15.8 Å². The van der Waals surface area contributed by atoms with Crippen LogP contribution in [-0.2, 0) is 22.8 Å². The van der Waals surface area contributed by atoms with Gasteiger partial charge in [-0.3, -0.25) is 14.9 Å². The molecule has 0 spiro atoms. The van der Waals surface area contributed by atoms with Gasteiger partial charge in [-0.05, 0) is 70.9 Å². The van der Waals surface area contributed by atoms with Gasteiger partial charge in [0.15, 0.2) is 0 Å². The highest BCUT2D eigenvalue weighted by Crippen LogP contribution is 2.33. The predicted molar refractivity (Wildman–Crippen MR) is 166 cm³/mol. The van der Waals surface area contributed by atoms with Crippen molar-refractivity contribution < 1.29 is 28.2 Å². The van der Waals surface area contributed by atoms with E-state index < -0.39 is 23.7 Å². The molecule has 44 heavy (non-hydrogen) atoms. The molecule has 7 nitrogen and oxygen atoms in total. The number of fused-ring (bicyclic) bond motifs is 1. The summed E-state index contributed by atoms with van der Waals surface area (Å²) in [5.74, 6) is -1.20. The number of barbiturate groups is 1. The van der Waals surface area contributed by atoms with Crippen LogP contribution in [0.3, 0.4) is 0 Å². The van der Waals surface area contributed by atoms with E-state index in [-0.39, 0.29) is 17.9 Å². The first-order valence-corrected chi connectivity index (χ1v) is 14.0. The number of ether oxygens (including phenoxy) is 2. The Morgan fingerprint density at radius 3 is 2.27 bits per heavy atom. The lowest BCUT2D eigenvalue weighted by atomic mass is 9.99. The van der Waals surface area contributed by atoms with Crippen LogP contribution in [-0.4, -0.2) is 17.8 Å². The fourth-order valence-corrected chi connectivity index (χ4v) is 4.92. The van der Waals surface area contributed by atoms with Crippen molar-refractivity contribution in [2.24, 2.45) is 0 Å². The zero-order chi connectivity index (χ0) is 30.6. The van der Waals surface area contributed by atoms with E-state index in [0.29, 0.717) is 39.6 Å². The summed E-state index contributed by atoms with van der Waals surface area (Å²) in [5, 5.41) is 4.42. The van der Waals surface area contributed by atoms with Crippen LogP contribution in [0.4, 0.5) is 14.9 Å². The van der Waals surface area contributed by atoms with Gasteiger partial charge in [-0.15, -0.1) is 0 Å². The summed E-state index contributed by atoms with van der Waals surface area (Å²) >= 11 is 5.93. The smallest absolute Gasteiger partial charge is 0.335 e. The lowest BCUT2D eigenvalue weighted by Gasteiger charge is -2.26.